The average Bonchev–Trinajstić information content (AvgIpc) is 2.64. The van der Waals surface area contributed by atoms with Crippen molar-refractivity contribution >= 4 is 11.6 Å². The summed E-state index contributed by atoms with van der Waals surface area (Å²) in [6.45, 7) is 9.14. The monoisotopic (exact) mass is 246 g/mol. The van der Waals surface area contributed by atoms with Crippen LogP contribution in [0.25, 0.3) is 0 Å². The van der Waals surface area contributed by atoms with Gasteiger partial charge in [-0.2, -0.15) is 0 Å². The summed E-state index contributed by atoms with van der Waals surface area (Å²) >= 11 is 0. The lowest BCUT2D eigenvalue weighted by atomic mass is 10.1. The molecule has 1 aliphatic heterocycles. The van der Waals surface area contributed by atoms with E-state index in [-0.39, 0.29) is 11.9 Å². The smallest absolute Gasteiger partial charge is 0.244 e. The SMILES string of the molecule is Cc1cccc(N2CCC(NC(C)C)C2=O)c1C. The summed E-state index contributed by atoms with van der Waals surface area (Å²) in [4.78, 5) is 14.3. The van der Waals surface area contributed by atoms with Crippen LogP contribution in [0.5, 0.6) is 0 Å². The summed E-state index contributed by atoms with van der Waals surface area (Å²) in [7, 11) is 0. The maximum atomic E-state index is 12.4. The number of hydrogen-bond donors (Lipinski definition) is 1. The second-order valence-corrected chi connectivity index (χ2v) is 5.37. The fraction of sp³-hybridized carbons (Fsp3) is 0.533. The van der Waals surface area contributed by atoms with E-state index in [0.29, 0.717) is 6.04 Å². The molecule has 0 radical (unpaired) electrons. The Morgan fingerprint density at radius 1 is 1.33 bits per heavy atom. The predicted octanol–water partition coefficient (Wildman–Crippen LogP) is 2.41. The van der Waals surface area contributed by atoms with E-state index in [2.05, 4.69) is 39.1 Å². The van der Waals surface area contributed by atoms with Crippen LogP contribution in [-0.4, -0.2) is 24.5 Å². The van der Waals surface area contributed by atoms with E-state index in [4.69, 9.17) is 0 Å². The van der Waals surface area contributed by atoms with Crippen LogP contribution in [0, 0.1) is 13.8 Å². The van der Waals surface area contributed by atoms with Gasteiger partial charge in [-0.1, -0.05) is 26.0 Å². The highest BCUT2D eigenvalue weighted by molar-refractivity contribution is 6.00. The number of nitrogens with zero attached hydrogens (tertiary/aromatic N) is 1. The first-order chi connectivity index (χ1) is 8.50. The first-order valence-electron chi connectivity index (χ1n) is 6.64. The van der Waals surface area contributed by atoms with Gasteiger partial charge in [0, 0.05) is 18.3 Å². The van der Waals surface area contributed by atoms with Crippen LogP contribution in [0.3, 0.4) is 0 Å². The number of carbonyl (C=O) groups excluding carboxylic acids is 1. The molecular formula is C15H22N2O. The lowest BCUT2D eigenvalue weighted by Gasteiger charge is -2.21. The van der Waals surface area contributed by atoms with E-state index >= 15 is 0 Å². The van der Waals surface area contributed by atoms with Gasteiger partial charge in [-0.3, -0.25) is 4.79 Å². The molecule has 2 rings (SSSR count). The molecule has 1 N–H and O–H groups in total. The van der Waals surface area contributed by atoms with Crippen LogP contribution in [-0.2, 0) is 4.79 Å². The van der Waals surface area contributed by atoms with Gasteiger partial charge in [-0.15, -0.1) is 0 Å². The molecule has 3 heteroatoms. The zero-order valence-electron chi connectivity index (χ0n) is 11.7. The van der Waals surface area contributed by atoms with Crippen molar-refractivity contribution < 1.29 is 4.79 Å². The van der Waals surface area contributed by atoms with Crippen molar-refractivity contribution in [3.8, 4) is 0 Å². The van der Waals surface area contributed by atoms with Gasteiger partial charge in [-0.05, 0) is 37.5 Å². The van der Waals surface area contributed by atoms with Crippen LogP contribution >= 0.6 is 0 Å². The van der Waals surface area contributed by atoms with Gasteiger partial charge in [0.15, 0.2) is 0 Å². The van der Waals surface area contributed by atoms with E-state index in [9.17, 15) is 4.79 Å². The molecule has 1 fully saturated rings. The molecular weight excluding hydrogens is 224 g/mol. The second kappa shape index (κ2) is 5.11. The lowest BCUT2D eigenvalue weighted by Crippen LogP contribution is -2.41. The fourth-order valence-corrected chi connectivity index (χ4v) is 2.50. The molecule has 1 amide bonds. The number of amides is 1. The zero-order valence-corrected chi connectivity index (χ0v) is 11.7. The average molecular weight is 246 g/mol. The minimum atomic E-state index is -0.0232. The maximum absolute atomic E-state index is 12.4. The van der Waals surface area contributed by atoms with Gasteiger partial charge in [0.05, 0.1) is 6.04 Å². The Kier molecular flexibility index (Phi) is 3.71. The minimum Gasteiger partial charge on any atom is -0.311 e. The summed E-state index contributed by atoms with van der Waals surface area (Å²) in [5, 5.41) is 3.33. The number of aryl methyl sites for hydroxylation is 1. The molecule has 3 nitrogen and oxygen atoms in total. The molecule has 1 atom stereocenters. The van der Waals surface area contributed by atoms with Crippen molar-refractivity contribution in [3.05, 3.63) is 29.3 Å². The van der Waals surface area contributed by atoms with Gasteiger partial charge in [0.1, 0.15) is 0 Å². The first kappa shape index (κ1) is 13.1. The van der Waals surface area contributed by atoms with E-state index in [1.165, 1.54) is 11.1 Å². The topological polar surface area (TPSA) is 32.3 Å². The van der Waals surface area contributed by atoms with Crippen molar-refractivity contribution in [2.24, 2.45) is 0 Å². The third-order valence-electron chi connectivity index (χ3n) is 3.61. The van der Waals surface area contributed by atoms with Gasteiger partial charge >= 0.3 is 0 Å². The van der Waals surface area contributed by atoms with Crippen LogP contribution in [0.1, 0.15) is 31.4 Å². The lowest BCUT2D eigenvalue weighted by molar-refractivity contribution is -0.118. The van der Waals surface area contributed by atoms with Crippen molar-refractivity contribution in [3.63, 3.8) is 0 Å². The van der Waals surface area contributed by atoms with Crippen molar-refractivity contribution in [1.29, 1.82) is 0 Å². The Hall–Kier alpha value is -1.35. The quantitative estimate of drug-likeness (QED) is 0.888. The Bertz CT molecular complexity index is 454. The number of hydrogen-bond acceptors (Lipinski definition) is 2. The molecule has 98 valence electrons. The molecule has 0 spiro atoms. The summed E-state index contributed by atoms with van der Waals surface area (Å²) in [6, 6.07) is 6.47. The molecule has 0 bridgehead atoms. The molecule has 0 aliphatic carbocycles. The molecule has 0 saturated carbocycles. The second-order valence-electron chi connectivity index (χ2n) is 5.37. The van der Waals surface area contributed by atoms with Crippen LogP contribution in [0.15, 0.2) is 18.2 Å². The minimum absolute atomic E-state index is 0.0232. The van der Waals surface area contributed by atoms with E-state index in [1.807, 2.05) is 17.0 Å². The van der Waals surface area contributed by atoms with Gasteiger partial charge < -0.3 is 10.2 Å². The molecule has 1 aromatic carbocycles. The highest BCUT2D eigenvalue weighted by Crippen LogP contribution is 2.27. The number of rotatable bonds is 3. The number of nitrogens with one attached hydrogen (secondary N) is 1. The Balaban J connectivity index is 2.21. The van der Waals surface area contributed by atoms with E-state index in [0.717, 1.165) is 18.7 Å². The van der Waals surface area contributed by atoms with Crippen molar-refractivity contribution in [1.82, 2.24) is 5.32 Å². The normalized spacial score (nSPS) is 19.9. The Morgan fingerprint density at radius 3 is 2.72 bits per heavy atom. The van der Waals surface area contributed by atoms with E-state index in [1.54, 1.807) is 0 Å². The van der Waals surface area contributed by atoms with Gasteiger partial charge in [0.2, 0.25) is 5.91 Å². The third kappa shape index (κ3) is 2.41. The highest BCUT2D eigenvalue weighted by Gasteiger charge is 2.33. The first-order valence-corrected chi connectivity index (χ1v) is 6.64. The molecule has 1 unspecified atom stereocenters. The summed E-state index contributed by atoms with van der Waals surface area (Å²) in [5.74, 6) is 0.206. The van der Waals surface area contributed by atoms with Crippen LogP contribution in [0.2, 0.25) is 0 Å². The summed E-state index contributed by atoms with van der Waals surface area (Å²) in [6.07, 6.45) is 0.893. The number of carbonyl (C=O) groups is 1. The number of benzene rings is 1. The van der Waals surface area contributed by atoms with E-state index < -0.39 is 0 Å². The summed E-state index contributed by atoms with van der Waals surface area (Å²) in [5.41, 5.74) is 3.50. The Labute approximate surface area is 109 Å². The molecule has 1 saturated heterocycles. The standard InChI is InChI=1S/C15H22N2O/c1-10(2)16-13-8-9-17(15(13)18)14-7-5-6-11(3)12(14)4/h5-7,10,13,16H,8-9H2,1-4H3. The summed E-state index contributed by atoms with van der Waals surface area (Å²) < 4.78 is 0. The molecule has 18 heavy (non-hydrogen) atoms. The van der Waals surface area contributed by atoms with Crippen molar-refractivity contribution in [2.75, 3.05) is 11.4 Å². The zero-order chi connectivity index (χ0) is 13.3. The predicted molar refractivity (Wildman–Crippen MR) is 74.9 cm³/mol. The molecule has 1 aromatic rings. The molecule has 1 heterocycles. The molecule has 1 aliphatic rings. The fourth-order valence-electron chi connectivity index (χ4n) is 2.50. The Morgan fingerprint density at radius 2 is 2.06 bits per heavy atom. The number of anilines is 1. The molecule has 0 aromatic heterocycles. The third-order valence-corrected chi connectivity index (χ3v) is 3.61. The van der Waals surface area contributed by atoms with Crippen molar-refractivity contribution in [2.45, 2.75) is 46.2 Å². The maximum Gasteiger partial charge on any atom is 0.244 e. The highest BCUT2D eigenvalue weighted by atomic mass is 16.2. The van der Waals surface area contributed by atoms with Crippen LogP contribution < -0.4 is 10.2 Å². The van der Waals surface area contributed by atoms with Crippen LogP contribution in [0.4, 0.5) is 5.69 Å². The largest absolute Gasteiger partial charge is 0.311 e. The van der Waals surface area contributed by atoms with Gasteiger partial charge in [-0.25, -0.2) is 0 Å². The van der Waals surface area contributed by atoms with Gasteiger partial charge in [0.25, 0.3) is 0 Å².